The molecule has 0 heterocycles. The van der Waals surface area contributed by atoms with Crippen LogP contribution in [0.1, 0.15) is 5.56 Å². The molecule has 0 N–H and O–H groups in total. The normalized spacial score (nSPS) is 13.9. The van der Waals surface area contributed by atoms with Gasteiger partial charge in [0.2, 0.25) is 0 Å². The highest BCUT2D eigenvalue weighted by molar-refractivity contribution is 9.10. The summed E-state index contributed by atoms with van der Waals surface area (Å²) < 4.78 is 43.3. The Labute approximate surface area is 108 Å². The van der Waals surface area contributed by atoms with Crippen LogP contribution in [0.3, 0.4) is 0 Å². The Balaban J connectivity index is 3.31. The van der Waals surface area contributed by atoms with Crippen LogP contribution >= 0.6 is 15.9 Å². The first-order chi connectivity index (χ1) is 7.59. The zero-order valence-corrected chi connectivity index (χ0v) is 12.4. The Bertz CT molecular complexity index is 435. The fraction of sp³-hybridized carbons (Fsp3) is 0.364. The van der Waals surface area contributed by atoms with Gasteiger partial charge in [0.1, 0.15) is 5.71 Å². The van der Waals surface area contributed by atoms with Gasteiger partial charge < -0.3 is 4.66 Å². The van der Waals surface area contributed by atoms with E-state index in [9.17, 15) is 13.2 Å². The second-order valence-corrected chi connectivity index (χ2v) is 10.1. The summed E-state index contributed by atoms with van der Waals surface area (Å²) in [5, 5.41) is 0. The predicted octanol–water partition coefficient (Wildman–Crippen LogP) is 4.64. The van der Waals surface area contributed by atoms with Crippen LogP contribution in [-0.2, 0) is 0 Å². The highest BCUT2D eigenvalue weighted by Crippen LogP contribution is 2.26. The lowest BCUT2D eigenvalue weighted by Gasteiger charge is -2.17. The third-order valence-electron chi connectivity index (χ3n) is 1.81. The van der Waals surface area contributed by atoms with Gasteiger partial charge in [0.25, 0.3) is 0 Å². The molecule has 94 valence electrons. The standard InChI is InChI=1S/C11H13BrF3NSi/c1-17(2,3)16-10(11(13,14)15)8-5-4-6-9(12)7-8/h4-7H,1-3H3. The molecule has 6 heteroatoms. The average Bonchev–Trinajstić information content (AvgIpc) is 2.11. The van der Waals surface area contributed by atoms with Crippen LogP contribution in [0.4, 0.5) is 13.2 Å². The van der Waals surface area contributed by atoms with Crippen LogP contribution in [0.5, 0.6) is 0 Å². The summed E-state index contributed by atoms with van der Waals surface area (Å²) in [6.07, 6.45) is -4.42. The molecule has 17 heavy (non-hydrogen) atoms. The van der Waals surface area contributed by atoms with E-state index >= 15 is 0 Å². The van der Waals surface area contributed by atoms with Crippen LogP contribution in [0.15, 0.2) is 33.4 Å². The third kappa shape index (κ3) is 4.63. The molecule has 1 aromatic carbocycles. The van der Waals surface area contributed by atoms with E-state index in [0.717, 1.165) is 0 Å². The van der Waals surface area contributed by atoms with Gasteiger partial charge in [-0.15, -0.1) is 0 Å². The van der Waals surface area contributed by atoms with Crippen molar-refractivity contribution in [2.24, 2.45) is 4.66 Å². The highest BCUT2D eigenvalue weighted by atomic mass is 79.9. The van der Waals surface area contributed by atoms with Crippen molar-refractivity contribution >= 4 is 29.9 Å². The molecule has 0 saturated carbocycles. The zero-order valence-electron chi connectivity index (χ0n) is 9.77. The SMILES string of the molecule is C[Si](C)(C)N=C(c1cccc(Br)c1)C(F)(F)F. The Morgan fingerprint density at radius 3 is 2.24 bits per heavy atom. The monoisotopic (exact) mass is 323 g/mol. The minimum absolute atomic E-state index is 0.106. The number of halogens is 4. The number of nitrogens with zero attached hydrogens (tertiary/aromatic N) is 1. The molecule has 0 spiro atoms. The summed E-state index contributed by atoms with van der Waals surface area (Å²) in [6.45, 7) is 5.32. The lowest BCUT2D eigenvalue weighted by atomic mass is 10.1. The summed E-state index contributed by atoms with van der Waals surface area (Å²) in [7, 11) is -2.18. The van der Waals surface area contributed by atoms with Gasteiger partial charge in [0, 0.05) is 10.0 Å². The lowest BCUT2D eigenvalue weighted by Crippen LogP contribution is -2.30. The molecule has 1 aromatic rings. The number of hydrogen-bond acceptors (Lipinski definition) is 1. The van der Waals surface area contributed by atoms with Crippen LogP contribution in [-0.4, -0.2) is 20.1 Å². The van der Waals surface area contributed by atoms with Crippen molar-refractivity contribution in [2.45, 2.75) is 25.8 Å². The zero-order chi connectivity index (χ0) is 13.3. The van der Waals surface area contributed by atoms with Gasteiger partial charge in [0.05, 0.1) is 0 Å². The predicted molar refractivity (Wildman–Crippen MR) is 70.1 cm³/mol. The van der Waals surface area contributed by atoms with Crippen molar-refractivity contribution in [3.63, 3.8) is 0 Å². The topological polar surface area (TPSA) is 12.4 Å². The molecular formula is C11H13BrF3NSi. The lowest BCUT2D eigenvalue weighted by molar-refractivity contribution is -0.0579. The van der Waals surface area contributed by atoms with Crippen molar-refractivity contribution in [2.75, 3.05) is 0 Å². The van der Waals surface area contributed by atoms with Crippen LogP contribution < -0.4 is 0 Å². The Morgan fingerprint density at radius 1 is 1.24 bits per heavy atom. The van der Waals surface area contributed by atoms with E-state index in [4.69, 9.17) is 0 Å². The summed E-state index contributed by atoms with van der Waals surface area (Å²) in [5.41, 5.74) is -0.674. The smallest absolute Gasteiger partial charge is 0.317 e. The molecule has 0 radical (unpaired) electrons. The van der Waals surface area contributed by atoms with Gasteiger partial charge in [-0.2, -0.15) is 13.2 Å². The van der Waals surface area contributed by atoms with Crippen molar-refractivity contribution in [1.29, 1.82) is 0 Å². The molecule has 0 aromatic heterocycles. The van der Waals surface area contributed by atoms with Crippen molar-refractivity contribution in [1.82, 2.24) is 0 Å². The van der Waals surface area contributed by atoms with E-state index in [2.05, 4.69) is 20.6 Å². The van der Waals surface area contributed by atoms with E-state index in [1.165, 1.54) is 12.1 Å². The van der Waals surface area contributed by atoms with Crippen LogP contribution in [0.25, 0.3) is 0 Å². The molecular weight excluding hydrogens is 311 g/mol. The second kappa shape index (κ2) is 4.94. The summed E-state index contributed by atoms with van der Waals surface area (Å²) >= 11 is 3.17. The number of benzene rings is 1. The maximum absolute atomic E-state index is 12.9. The van der Waals surface area contributed by atoms with Gasteiger partial charge in [-0.3, -0.25) is 0 Å². The fourth-order valence-electron chi connectivity index (χ4n) is 1.26. The van der Waals surface area contributed by atoms with Gasteiger partial charge >= 0.3 is 6.18 Å². The Kier molecular flexibility index (Phi) is 4.19. The maximum atomic E-state index is 12.9. The van der Waals surface area contributed by atoms with E-state index in [0.29, 0.717) is 4.47 Å². The quantitative estimate of drug-likeness (QED) is 0.555. The van der Waals surface area contributed by atoms with E-state index in [1.54, 1.807) is 31.8 Å². The largest absolute Gasteiger partial charge is 0.432 e. The molecule has 1 rings (SSSR count). The first-order valence-electron chi connectivity index (χ1n) is 5.02. The van der Waals surface area contributed by atoms with Crippen LogP contribution in [0, 0.1) is 0 Å². The van der Waals surface area contributed by atoms with Crippen molar-refractivity contribution in [3.8, 4) is 0 Å². The van der Waals surface area contributed by atoms with Gasteiger partial charge in [-0.25, -0.2) is 0 Å². The summed E-state index contributed by atoms with van der Waals surface area (Å²) in [6, 6.07) is 6.13. The van der Waals surface area contributed by atoms with E-state index < -0.39 is 20.1 Å². The Morgan fingerprint density at radius 2 is 1.82 bits per heavy atom. The van der Waals surface area contributed by atoms with E-state index in [-0.39, 0.29) is 5.56 Å². The summed E-state index contributed by atoms with van der Waals surface area (Å²) in [4.78, 5) is 0. The maximum Gasteiger partial charge on any atom is 0.432 e. The van der Waals surface area contributed by atoms with Gasteiger partial charge in [0.15, 0.2) is 8.24 Å². The number of alkyl halides is 3. The molecule has 0 amide bonds. The van der Waals surface area contributed by atoms with Crippen molar-refractivity contribution < 1.29 is 13.2 Å². The molecule has 0 bridgehead atoms. The molecule has 0 saturated heterocycles. The molecule has 0 aliphatic heterocycles. The molecule has 1 nitrogen and oxygen atoms in total. The number of rotatable bonds is 2. The molecule has 0 aliphatic carbocycles. The molecule has 0 aliphatic rings. The van der Waals surface area contributed by atoms with Gasteiger partial charge in [-0.1, -0.05) is 28.1 Å². The Hall–Kier alpha value is -0.623. The highest BCUT2D eigenvalue weighted by Gasteiger charge is 2.37. The fourth-order valence-corrected chi connectivity index (χ4v) is 2.59. The van der Waals surface area contributed by atoms with Crippen LogP contribution in [0.2, 0.25) is 19.6 Å². The molecule has 0 fully saturated rings. The second-order valence-electron chi connectivity index (χ2n) is 4.64. The first-order valence-corrected chi connectivity index (χ1v) is 9.26. The minimum atomic E-state index is -4.42. The average molecular weight is 324 g/mol. The first kappa shape index (κ1) is 14.4. The van der Waals surface area contributed by atoms with Crippen molar-refractivity contribution in [3.05, 3.63) is 34.3 Å². The molecule has 0 unspecified atom stereocenters. The van der Waals surface area contributed by atoms with Gasteiger partial charge in [-0.05, 0) is 31.8 Å². The third-order valence-corrected chi connectivity index (χ3v) is 3.20. The number of hydrogen-bond donors (Lipinski definition) is 0. The molecule has 0 atom stereocenters. The minimum Gasteiger partial charge on any atom is -0.317 e. The summed E-state index contributed by atoms with van der Waals surface area (Å²) in [5.74, 6) is 0. The van der Waals surface area contributed by atoms with E-state index in [1.807, 2.05) is 0 Å².